The van der Waals surface area contributed by atoms with Gasteiger partial charge in [0, 0.05) is 30.9 Å². The Bertz CT molecular complexity index is 1020. The van der Waals surface area contributed by atoms with E-state index < -0.39 is 12.5 Å². The molecular weight excluding hydrogens is 422 g/mol. The summed E-state index contributed by atoms with van der Waals surface area (Å²) in [6.45, 7) is 0.711. The number of hydrogen-bond donors (Lipinski definition) is 0. The fourth-order valence-corrected chi connectivity index (χ4v) is 4.07. The predicted octanol–water partition coefficient (Wildman–Crippen LogP) is 3.51. The molecule has 3 aromatic rings. The third-order valence-corrected chi connectivity index (χ3v) is 5.77. The Labute approximate surface area is 175 Å². The predicted molar refractivity (Wildman–Crippen MR) is 108 cm³/mol. The summed E-state index contributed by atoms with van der Waals surface area (Å²) in [4.78, 5) is 10.6. The summed E-state index contributed by atoms with van der Waals surface area (Å²) in [6, 6.07) is 7.44. The van der Waals surface area contributed by atoms with Gasteiger partial charge in [-0.05, 0) is 11.6 Å². The average molecular weight is 441 g/mol. The van der Waals surface area contributed by atoms with Crippen molar-refractivity contribution in [3.63, 3.8) is 0 Å². The van der Waals surface area contributed by atoms with Crippen molar-refractivity contribution in [3.05, 3.63) is 34.9 Å². The van der Waals surface area contributed by atoms with Gasteiger partial charge in [-0.1, -0.05) is 46.8 Å². The molecule has 0 radical (unpaired) electrons. The number of thioether (sulfide) groups is 1. The second kappa shape index (κ2) is 8.37. The zero-order chi connectivity index (χ0) is 20.4. The van der Waals surface area contributed by atoms with Crippen LogP contribution in [0, 0.1) is 0 Å². The van der Waals surface area contributed by atoms with Crippen LogP contribution in [0.15, 0.2) is 29.4 Å². The van der Waals surface area contributed by atoms with Crippen LogP contribution in [-0.4, -0.2) is 63.4 Å². The molecule has 7 nitrogen and oxygen atoms in total. The molecular formula is C18H19ClF2N6OS. The summed E-state index contributed by atoms with van der Waals surface area (Å²) in [5.41, 5.74) is 1.76. The Hall–Kier alpha value is -2.04. The van der Waals surface area contributed by atoms with E-state index in [4.69, 9.17) is 16.3 Å². The van der Waals surface area contributed by atoms with Gasteiger partial charge >= 0.3 is 0 Å². The van der Waals surface area contributed by atoms with Gasteiger partial charge in [0.2, 0.25) is 0 Å². The molecule has 0 unspecified atom stereocenters. The molecule has 0 amide bonds. The van der Waals surface area contributed by atoms with Crippen LogP contribution in [0.5, 0.6) is 0 Å². The molecule has 2 aromatic heterocycles. The molecule has 1 fully saturated rings. The molecule has 11 heteroatoms. The van der Waals surface area contributed by atoms with Crippen molar-refractivity contribution in [2.45, 2.75) is 24.0 Å². The minimum absolute atomic E-state index is 0.207. The van der Waals surface area contributed by atoms with Crippen molar-refractivity contribution in [1.82, 2.24) is 25.0 Å². The maximum atomic E-state index is 13.8. The molecule has 1 aliphatic heterocycles. The summed E-state index contributed by atoms with van der Waals surface area (Å²) in [5, 5.41) is 9.48. The Kier molecular flexibility index (Phi) is 5.84. The SMILES string of the molecule is COCCSc1nc(N2CCC(F)(F)C2)c2nnn(Cc3ccccc3Cl)c2n1. The molecule has 0 bridgehead atoms. The molecule has 0 saturated carbocycles. The highest BCUT2D eigenvalue weighted by molar-refractivity contribution is 7.99. The average Bonchev–Trinajstić information content (AvgIpc) is 3.26. The molecule has 154 valence electrons. The fraction of sp³-hybridized carbons (Fsp3) is 0.444. The Morgan fingerprint density at radius 1 is 1.28 bits per heavy atom. The summed E-state index contributed by atoms with van der Waals surface area (Å²) >= 11 is 7.67. The zero-order valence-corrected chi connectivity index (χ0v) is 17.3. The van der Waals surface area contributed by atoms with Crippen molar-refractivity contribution in [2.75, 3.05) is 37.5 Å². The second-order valence-corrected chi connectivity index (χ2v) is 8.18. The lowest BCUT2D eigenvalue weighted by molar-refractivity contribution is 0.0257. The highest BCUT2D eigenvalue weighted by atomic mass is 35.5. The molecule has 1 saturated heterocycles. The van der Waals surface area contributed by atoms with E-state index in [1.165, 1.54) is 11.8 Å². The van der Waals surface area contributed by atoms with Crippen LogP contribution < -0.4 is 4.90 Å². The van der Waals surface area contributed by atoms with Crippen LogP contribution in [0.2, 0.25) is 5.02 Å². The lowest BCUT2D eigenvalue weighted by atomic mass is 10.2. The number of halogens is 3. The van der Waals surface area contributed by atoms with E-state index in [1.807, 2.05) is 18.2 Å². The van der Waals surface area contributed by atoms with E-state index in [1.54, 1.807) is 22.8 Å². The number of hydrogen-bond acceptors (Lipinski definition) is 7. The van der Waals surface area contributed by atoms with E-state index in [2.05, 4.69) is 20.3 Å². The normalized spacial score (nSPS) is 16.1. The number of aromatic nitrogens is 5. The van der Waals surface area contributed by atoms with Gasteiger partial charge in [-0.2, -0.15) is 0 Å². The Morgan fingerprint density at radius 2 is 2.10 bits per heavy atom. The van der Waals surface area contributed by atoms with Crippen LogP contribution >= 0.6 is 23.4 Å². The molecule has 0 N–H and O–H groups in total. The molecule has 0 atom stereocenters. The minimum atomic E-state index is -2.74. The number of alkyl halides is 2. The first-order valence-corrected chi connectivity index (χ1v) is 10.4. The monoisotopic (exact) mass is 440 g/mol. The smallest absolute Gasteiger partial charge is 0.266 e. The van der Waals surface area contributed by atoms with E-state index in [0.29, 0.717) is 46.1 Å². The lowest BCUT2D eigenvalue weighted by Crippen LogP contribution is -2.26. The summed E-state index contributed by atoms with van der Waals surface area (Å²) in [7, 11) is 1.62. The number of fused-ring (bicyclic) bond motifs is 1. The first-order chi connectivity index (χ1) is 14.0. The van der Waals surface area contributed by atoms with Crippen LogP contribution in [0.25, 0.3) is 11.2 Å². The third kappa shape index (κ3) is 4.44. The first-order valence-electron chi connectivity index (χ1n) is 9.06. The van der Waals surface area contributed by atoms with E-state index in [0.717, 1.165) is 5.56 Å². The van der Waals surface area contributed by atoms with E-state index in [-0.39, 0.29) is 13.0 Å². The highest BCUT2D eigenvalue weighted by Gasteiger charge is 2.40. The summed E-state index contributed by atoms with van der Waals surface area (Å²) < 4.78 is 34.3. The minimum Gasteiger partial charge on any atom is -0.384 e. The van der Waals surface area contributed by atoms with Crippen molar-refractivity contribution in [2.24, 2.45) is 0 Å². The zero-order valence-electron chi connectivity index (χ0n) is 15.7. The van der Waals surface area contributed by atoms with E-state index >= 15 is 0 Å². The molecule has 29 heavy (non-hydrogen) atoms. The number of methoxy groups -OCH3 is 1. The number of benzene rings is 1. The van der Waals surface area contributed by atoms with Gasteiger partial charge in [0.15, 0.2) is 22.1 Å². The maximum absolute atomic E-state index is 13.8. The van der Waals surface area contributed by atoms with Crippen molar-refractivity contribution in [1.29, 1.82) is 0 Å². The second-order valence-electron chi connectivity index (χ2n) is 6.71. The van der Waals surface area contributed by atoms with Crippen LogP contribution in [0.1, 0.15) is 12.0 Å². The molecule has 0 spiro atoms. The quantitative estimate of drug-likeness (QED) is 0.316. The number of rotatable bonds is 7. The standard InChI is InChI=1S/C18H19ClF2N6OS/c1-28-8-9-29-17-22-15(26-7-6-18(20,21)11-26)14-16(23-17)27(25-24-14)10-12-4-2-3-5-13(12)19/h2-5H,6-11H2,1H3. The fourth-order valence-electron chi connectivity index (χ4n) is 3.14. The van der Waals surface area contributed by atoms with Crippen LogP contribution in [-0.2, 0) is 11.3 Å². The largest absolute Gasteiger partial charge is 0.384 e. The van der Waals surface area contributed by atoms with Gasteiger partial charge in [-0.25, -0.2) is 23.4 Å². The first kappa shape index (κ1) is 20.2. The van der Waals surface area contributed by atoms with Gasteiger partial charge in [-0.15, -0.1) is 5.10 Å². The van der Waals surface area contributed by atoms with E-state index in [9.17, 15) is 8.78 Å². The maximum Gasteiger partial charge on any atom is 0.266 e. The van der Waals surface area contributed by atoms with Gasteiger partial charge in [0.25, 0.3) is 5.92 Å². The third-order valence-electron chi connectivity index (χ3n) is 4.59. The summed E-state index contributed by atoms with van der Waals surface area (Å²) in [5.74, 6) is -1.71. The lowest BCUT2D eigenvalue weighted by Gasteiger charge is -2.17. The highest BCUT2D eigenvalue weighted by Crippen LogP contribution is 2.34. The van der Waals surface area contributed by atoms with Gasteiger partial charge in [0.05, 0.1) is 19.7 Å². The Balaban J connectivity index is 1.73. The number of nitrogens with zero attached hydrogens (tertiary/aromatic N) is 6. The Morgan fingerprint density at radius 3 is 2.83 bits per heavy atom. The van der Waals surface area contributed by atoms with Crippen molar-refractivity contribution in [3.8, 4) is 0 Å². The van der Waals surface area contributed by atoms with Crippen molar-refractivity contribution >= 4 is 40.3 Å². The number of anilines is 1. The molecule has 4 rings (SSSR count). The molecule has 1 aromatic carbocycles. The van der Waals surface area contributed by atoms with Crippen LogP contribution in [0.4, 0.5) is 14.6 Å². The van der Waals surface area contributed by atoms with Crippen molar-refractivity contribution < 1.29 is 13.5 Å². The van der Waals surface area contributed by atoms with Crippen LogP contribution in [0.3, 0.4) is 0 Å². The molecule has 1 aliphatic rings. The summed E-state index contributed by atoms with van der Waals surface area (Å²) in [6.07, 6.45) is -0.210. The van der Waals surface area contributed by atoms with Gasteiger partial charge in [-0.3, -0.25) is 0 Å². The van der Waals surface area contributed by atoms with Gasteiger partial charge < -0.3 is 9.64 Å². The molecule has 3 heterocycles. The topological polar surface area (TPSA) is 69.0 Å². The van der Waals surface area contributed by atoms with Gasteiger partial charge in [0.1, 0.15) is 0 Å². The molecule has 0 aliphatic carbocycles. The number of ether oxygens (including phenoxy) is 1.